The summed E-state index contributed by atoms with van der Waals surface area (Å²) in [6.07, 6.45) is 3.08. The van der Waals surface area contributed by atoms with E-state index in [-0.39, 0.29) is 17.4 Å². The van der Waals surface area contributed by atoms with Crippen LogP contribution >= 0.6 is 0 Å². The van der Waals surface area contributed by atoms with Crippen molar-refractivity contribution < 1.29 is 15.0 Å². The van der Waals surface area contributed by atoms with Gasteiger partial charge in [-0.25, -0.2) is 4.79 Å². The van der Waals surface area contributed by atoms with Crippen molar-refractivity contribution in [1.29, 1.82) is 0 Å². The summed E-state index contributed by atoms with van der Waals surface area (Å²) < 4.78 is 0. The molecule has 0 spiro atoms. The summed E-state index contributed by atoms with van der Waals surface area (Å²) >= 11 is 0. The van der Waals surface area contributed by atoms with Crippen LogP contribution in [0.25, 0.3) is 0 Å². The summed E-state index contributed by atoms with van der Waals surface area (Å²) in [6, 6.07) is 2.77. The molecule has 0 radical (unpaired) electrons. The van der Waals surface area contributed by atoms with Crippen molar-refractivity contribution in [3.05, 3.63) is 41.5 Å². The number of carboxylic acid groups (broad SMARTS) is 1. The maximum atomic E-state index is 10.9. The number of allylic oxidation sites excluding steroid dienone is 1. The third-order valence-corrected chi connectivity index (χ3v) is 2.60. The van der Waals surface area contributed by atoms with Crippen molar-refractivity contribution >= 4 is 5.97 Å². The predicted octanol–water partition coefficient (Wildman–Crippen LogP) is 2.36. The molecule has 4 heteroatoms. The molecule has 0 aliphatic rings. The molecule has 1 rings (SSSR count). The zero-order chi connectivity index (χ0) is 13.0. The lowest BCUT2D eigenvalue weighted by Crippen LogP contribution is -2.12. The van der Waals surface area contributed by atoms with Crippen LogP contribution in [-0.2, 0) is 0 Å². The van der Waals surface area contributed by atoms with Gasteiger partial charge in [-0.3, -0.25) is 0 Å². The van der Waals surface area contributed by atoms with Gasteiger partial charge in [0.15, 0.2) is 0 Å². The quantitative estimate of drug-likeness (QED) is 0.684. The molecule has 17 heavy (non-hydrogen) atoms. The fraction of sp³-hybridized carbons (Fsp3) is 0.308. The molecule has 4 N–H and O–H groups in total. The van der Waals surface area contributed by atoms with Gasteiger partial charge in [-0.2, -0.15) is 0 Å². The Bertz CT molecular complexity index is 441. The van der Waals surface area contributed by atoms with E-state index in [0.29, 0.717) is 12.0 Å². The molecule has 1 aromatic rings. The first-order valence-corrected chi connectivity index (χ1v) is 5.40. The van der Waals surface area contributed by atoms with Gasteiger partial charge in [0, 0.05) is 11.6 Å². The average Bonchev–Trinajstić information content (AvgIpc) is 2.28. The standard InChI is InChI=1S/C13H17NO3/c1-3-4-5-11(14)9-6-8(2)7-10(12(9)15)13(16)17/h3,6-7,11,15H,1,4-5,14H2,2H3,(H,16,17)/t11-/m0/s1. The molecule has 0 saturated carbocycles. The Balaban J connectivity index is 3.14. The van der Waals surface area contributed by atoms with Gasteiger partial charge in [-0.15, -0.1) is 6.58 Å². The molecular weight excluding hydrogens is 218 g/mol. The molecule has 0 aliphatic heterocycles. The van der Waals surface area contributed by atoms with Crippen LogP contribution in [0.15, 0.2) is 24.8 Å². The van der Waals surface area contributed by atoms with Gasteiger partial charge in [0.2, 0.25) is 0 Å². The molecule has 0 saturated heterocycles. The molecule has 0 heterocycles. The molecule has 0 bridgehead atoms. The Hall–Kier alpha value is -1.81. The monoisotopic (exact) mass is 235 g/mol. The van der Waals surface area contributed by atoms with Crippen LogP contribution < -0.4 is 5.73 Å². The van der Waals surface area contributed by atoms with E-state index >= 15 is 0 Å². The summed E-state index contributed by atoms with van der Waals surface area (Å²) in [7, 11) is 0. The van der Waals surface area contributed by atoms with Crippen molar-refractivity contribution in [3.8, 4) is 5.75 Å². The van der Waals surface area contributed by atoms with Crippen LogP contribution in [0.3, 0.4) is 0 Å². The number of phenols is 1. The maximum Gasteiger partial charge on any atom is 0.339 e. The van der Waals surface area contributed by atoms with Crippen LogP contribution in [0.5, 0.6) is 5.75 Å². The second-order valence-corrected chi connectivity index (χ2v) is 4.03. The maximum absolute atomic E-state index is 10.9. The number of benzene rings is 1. The van der Waals surface area contributed by atoms with Crippen molar-refractivity contribution in [1.82, 2.24) is 0 Å². The molecule has 0 amide bonds. The van der Waals surface area contributed by atoms with E-state index in [1.54, 1.807) is 19.1 Å². The Morgan fingerprint density at radius 1 is 1.59 bits per heavy atom. The molecular formula is C13H17NO3. The molecule has 4 nitrogen and oxygen atoms in total. The van der Waals surface area contributed by atoms with E-state index in [0.717, 1.165) is 12.0 Å². The average molecular weight is 235 g/mol. The zero-order valence-electron chi connectivity index (χ0n) is 9.81. The normalized spacial score (nSPS) is 12.1. The van der Waals surface area contributed by atoms with Gasteiger partial charge >= 0.3 is 5.97 Å². The van der Waals surface area contributed by atoms with Crippen molar-refractivity contribution in [2.75, 3.05) is 0 Å². The topological polar surface area (TPSA) is 83.6 Å². The molecule has 0 aliphatic carbocycles. The minimum Gasteiger partial charge on any atom is -0.507 e. The highest BCUT2D eigenvalue weighted by Crippen LogP contribution is 2.30. The van der Waals surface area contributed by atoms with Gasteiger partial charge in [0.25, 0.3) is 0 Å². The third kappa shape index (κ3) is 3.07. The summed E-state index contributed by atoms with van der Waals surface area (Å²) in [6.45, 7) is 5.37. The lowest BCUT2D eigenvalue weighted by molar-refractivity contribution is 0.0693. The molecule has 92 valence electrons. The lowest BCUT2D eigenvalue weighted by Gasteiger charge is -2.15. The third-order valence-electron chi connectivity index (χ3n) is 2.60. The fourth-order valence-electron chi connectivity index (χ4n) is 1.71. The van der Waals surface area contributed by atoms with E-state index in [9.17, 15) is 9.90 Å². The summed E-state index contributed by atoms with van der Waals surface area (Å²) in [4.78, 5) is 10.9. The number of carbonyl (C=O) groups is 1. The number of aryl methyl sites for hydroxylation is 1. The van der Waals surface area contributed by atoms with Crippen molar-refractivity contribution in [3.63, 3.8) is 0 Å². The Labute approximate surface area is 100 Å². The molecule has 0 aromatic heterocycles. The second-order valence-electron chi connectivity index (χ2n) is 4.03. The van der Waals surface area contributed by atoms with Gasteiger partial charge in [-0.1, -0.05) is 12.1 Å². The molecule has 0 fully saturated rings. The fourth-order valence-corrected chi connectivity index (χ4v) is 1.71. The van der Waals surface area contributed by atoms with Gasteiger partial charge in [0.1, 0.15) is 11.3 Å². The van der Waals surface area contributed by atoms with Gasteiger partial charge in [0.05, 0.1) is 0 Å². The van der Waals surface area contributed by atoms with Crippen molar-refractivity contribution in [2.45, 2.75) is 25.8 Å². The zero-order valence-corrected chi connectivity index (χ0v) is 9.81. The van der Waals surface area contributed by atoms with Crippen LogP contribution in [0.4, 0.5) is 0 Å². The summed E-state index contributed by atoms with van der Waals surface area (Å²) in [5.41, 5.74) is 7.06. The number of rotatable bonds is 5. The van der Waals surface area contributed by atoms with Gasteiger partial charge in [-0.05, 0) is 31.4 Å². The number of nitrogens with two attached hydrogens (primary N) is 1. The highest BCUT2D eigenvalue weighted by atomic mass is 16.4. The minimum absolute atomic E-state index is 0.103. The number of carboxylic acids is 1. The Kier molecular flexibility index (Phi) is 4.29. The van der Waals surface area contributed by atoms with E-state index in [4.69, 9.17) is 10.8 Å². The van der Waals surface area contributed by atoms with Crippen LogP contribution in [0, 0.1) is 6.92 Å². The molecule has 0 unspecified atom stereocenters. The second kappa shape index (κ2) is 5.50. The van der Waals surface area contributed by atoms with Gasteiger partial charge < -0.3 is 15.9 Å². The van der Waals surface area contributed by atoms with E-state index in [1.165, 1.54) is 6.07 Å². The highest BCUT2D eigenvalue weighted by Gasteiger charge is 2.18. The number of hydrogen-bond acceptors (Lipinski definition) is 3. The largest absolute Gasteiger partial charge is 0.507 e. The van der Waals surface area contributed by atoms with Crippen LogP contribution in [0.2, 0.25) is 0 Å². The first kappa shape index (κ1) is 13.3. The van der Waals surface area contributed by atoms with E-state index < -0.39 is 5.97 Å². The first-order valence-electron chi connectivity index (χ1n) is 5.40. The molecule has 1 aromatic carbocycles. The molecule has 1 atom stereocenters. The van der Waals surface area contributed by atoms with E-state index in [2.05, 4.69) is 6.58 Å². The Morgan fingerprint density at radius 3 is 2.76 bits per heavy atom. The first-order chi connectivity index (χ1) is 7.97. The Morgan fingerprint density at radius 2 is 2.24 bits per heavy atom. The summed E-state index contributed by atoms with van der Waals surface area (Å²) in [5, 5.41) is 18.8. The smallest absolute Gasteiger partial charge is 0.339 e. The number of aromatic carboxylic acids is 1. The van der Waals surface area contributed by atoms with Crippen LogP contribution in [-0.4, -0.2) is 16.2 Å². The highest BCUT2D eigenvalue weighted by molar-refractivity contribution is 5.91. The SMILES string of the molecule is C=CCC[C@H](N)c1cc(C)cc(C(=O)O)c1O. The van der Waals surface area contributed by atoms with E-state index in [1.807, 2.05) is 0 Å². The number of aromatic hydroxyl groups is 1. The lowest BCUT2D eigenvalue weighted by atomic mass is 9.96. The van der Waals surface area contributed by atoms with Crippen LogP contribution in [0.1, 0.15) is 40.4 Å². The number of hydrogen-bond donors (Lipinski definition) is 3. The minimum atomic E-state index is -1.15. The van der Waals surface area contributed by atoms with Crippen molar-refractivity contribution in [2.24, 2.45) is 5.73 Å². The predicted molar refractivity (Wildman–Crippen MR) is 66.2 cm³/mol. The summed E-state index contributed by atoms with van der Waals surface area (Å²) in [5.74, 6) is -1.39.